The molecular formula is C24H31FN4O5S. The fourth-order valence-corrected chi connectivity index (χ4v) is 5.41. The number of benzene rings is 1. The van der Waals surface area contributed by atoms with Crippen LogP contribution in [0.3, 0.4) is 0 Å². The lowest BCUT2D eigenvalue weighted by atomic mass is 9.83. The van der Waals surface area contributed by atoms with E-state index in [1.807, 2.05) is 18.7 Å². The van der Waals surface area contributed by atoms with Gasteiger partial charge in [-0.05, 0) is 58.2 Å². The minimum atomic E-state index is -3.51. The van der Waals surface area contributed by atoms with Gasteiger partial charge in [0.25, 0.3) is 0 Å². The van der Waals surface area contributed by atoms with Crippen molar-refractivity contribution in [2.45, 2.75) is 82.1 Å². The lowest BCUT2D eigenvalue weighted by Crippen LogP contribution is -2.57. The number of amides is 1. The summed E-state index contributed by atoms with van der Waals surface area (Å²) < 4.78 is 49.6. The van der Waals surface area contributed by atoms with E-state index in [1.165, 1.54) is 18.5 Å². The van der Waals surface area contributed by atoms with Crippen molar-refractivity contribution in [2.24, 2.45) is 0 Å². The second kappa shape index (κ2) is 9.96. The zero-order valence-electron chi connectivity index (χ0n) is 20.3. The van der Waals surface area contributed by atoms with Gasteiger partial charge in [0, 0.05) is 31.2 Å². The highest BCUT2D eigenvalue weighted by molar-refractivity contribution is 7.90. The topological polar surface area (TPSA) is 111 Å². The maximum atomic E-state index is 14.5. The molecule has 0 aliphatic carbocycles. The molecule has 9 nitrogen and oxygen atoms in total. The summed E-state index contributed by atoms with van der Waals surface area (Å²) >= 11 is 0. The Hall–Kier alpha value is -2.95. The smallest absolute Gasteiger partial charge is 0.410 e. The number of rotatable bonds is 6. The first-order chi connectivity index (χ1) is 16.5. The Bertz CT molecular complexity index is 1190. The van der Waals surface area contributed by atoms with E-state index in [1.54, 1.807) is 6.92 Å². The normalized spacial score (nSPS) is 22.1. The Morgan fingerprint density at radius 1 is 1.20 bits per heavy atom. The summed E-state index contributed by atoms with van der Waals surface area (Å²) in [7, 11) is -3.51. The summed E-state index contributed by atoms with van der Waals surface area (Å²) in [6.07, 6.45) is 6.04. The number of nitrogens with zero attached hydrogens (tertiary/aromatic N) is 3. The van der Waals surface area contributed by atoms with Gasteiger partial charge >= 0.3 is 6.09 Å². The summed E-state index contributed by atoms with van der Waals surface area (Å²) in [6.45, 7) is 5.47. The quantitative estimate of drug-likeness (QED) is 0.615. The van der Waals surface area contributed by atoms with Crippen molar-refractivity contribution in [3.63, 3.8) is 0 Å². The Kier molecular flexibility index (Phi) is 7.16. The third kappa shape index (κ3) is 5.66. The largest absolute Gasteiger partial charge is 0.474 e. The maximum Gasteiger partial charge on any atom is 0.410 e. The van der Waals surface area contributed by atoms with Crippen molar-refractivity contribution >= 4 is 27.4 Å². The van der Waals surface area contributed by atoms with Crippen LogP contribution < -0.4 is 10.1 Å². The zero-order valence-corrected chi connectivity index (χ0v) is 21.1. The number of aromatic nitrogens is 2. The molecule has 2 atom stereocenters. The van der Waals surface area contributed by atoms with E-state index in [2.05, 4.69) is 15.3 Å². The van der Waals surface area contributed by atoms with Crippen molar-refractivity contribution in [2.75, 3.05) is 11.6 Å². The number of hydrogen-bond donors (Lipinski definition) is 1. The summed E-state index contributed by atoms with van der Waals surface area (Å²) in [5.41, 5.74) is 0.697. The van der Waals surface area contributed by atoms with E-state index in [4.69, 9.17) is 9.47 Å². The molecule has 0 radical (unpaired) electrons. The van der Waals surface area contributed by atoms with Crippen molar-refractivity contribution in [3.05, 3.63) is 35.9 Å². The number of ether oxygens (including phenoxy) is 2. The summed E-state index contributed by atoms with van der Waals surface area (Å²) in [4.78, 5) is 22.9. The molecule has 0 saturated carbocycles. The van der Waals surface area contributed by atoms with Crippen LogP contribution in [0.2, 0.25) is 0 Å². The third-order valence-corrected chi connectivity index (χ3v) is 7.53. The van der Waals surface area contributed by atoms with Crippen molar-refractivity contribution in [3.8, 4) is 5.88 Å². The minimum absolute atomic E-state index is 0.0564. The third-order valence-electron chi connectivity index (χ3n) is 6.42. The van der Waals surface area contributed by atoms with Crippen molar-refractivity contribution in [1.82, 2.24) is 14.9 Å². The molecule has 1 aromatic heterocycles. The SMILES string of the molecule is Cc1c(Nc2ccc(S(C)(=O)=O)cc2F)ncnc1OC1CC2CCCC(C1)N2C(=O)OC(C)C. The first kappa shape index (κ1) is 25.2. The fraction of sp³-hybridized carbons (Fsp3) is 0.542. The van der Waals surface area contributed by atoms with Crippen LogP contribution in [0.1, 0.15) is 51.5 Å². The van der Waals surface area contributed by atoms with Crippen molar-refractivity contribution < 1.29 is 27.1 Å². The Labute approximate surface area is 205 Å². The van der Waals surface area contributed by atoms with E-state index in [0.29, 0.717) is 30.1 Å². The Morgan fingerprint density at radius 3 is 2.49 bits per heavy atom. The molecule has 2 aromatic rings. The zero-order chi connectivity index (χ0) is 25.3. The van der Waals surface area contributed by atoms with Gasteiger partial charge in [0.05, 0.1) is 22.3 Å². The molecule has 2 aliphatic heterocycles. The number of carbonyl (C=O) groups excluding carboxylic acids is 1. The lowest BCUT2D eigenvalue weighted by molar-refractivity contribution is -0.0242. The molecular weight excluding hydrogens is 475 g/mol. The van der Waals surface area contributed by atoms with E-state index in [9.17, 15) is 17.6 Å². The predicted molar refractivity (Wildman–Crippen MR) is 128 cm³/mol. The molecule has 2 fully saturated rings. The number of halogens is 1. The van der Waals surface area contributed by atoms with Crippen LogP contribution in [0, 0.1) is 12.7 Å². The molecule has 1 amide bonds. The average molecular weight is 507 g/mol. The first-order valence-corrected chi connectivity index (χ1v) is 13.7. The standard InChI is InChI=1S/C24H31FN4O5S/c1-14(2)33-24(30)29-16-6-5-7-17(29)11-18(10-16)34-23-15(3)22(26-13-27-23)28-21-9-8-19(12-20(21)25)35(4,31)32/h8-9,12-14,16-18H,5-7,10-11H2,1-4H3,(H,26,27,28). The molecule has 11 heteroatoms. The van der Waals surface area contributed by atoms with Gasteiger partial charge in [-0.2, -0.15) is 0 Å². The van der Waals surface area contributed by atoms with Gasteiger partial charge in [0.1, 0.15) is 24.1 Å². The molecule has 35 heavy (non-hydrogen) atoms. The highest BCUT2D eigenvalue weighted by Crippen LogP contribution is 2.37. The van der Waals surface area contributed by atoms with Crippen LogP contribution in [0.5, 0.6) is 5.88 Å². The molecule has 2 saturated heterocycles. The molecule has 2 unspecified atom stereocenters. The average Bonchev–Trinajstić information content (AvgIpc) is 2.76. The molecule has 2 aliphatic rings. The molecule has 0 spiro atoms. The van der Waals surface area contributed by atoms with Crippen LogP contribution in [0.15, 0.2) is 29.4 Å². The van der Waals surface area contributed by atoms with Crippen LogP contribution in [0.25, 0.3) is 0 Å². The number of sulfone groups is 1. The predicted octanol–water partition coefficient (Wildman–Crippen LogP) is 4.38. The highest BCUT2D eigenvalue weighted by Gasteiger charge is 2.43. The van der Waals surface area contributed by atoms with E-state index < -0.39 is 15.7 Å². The molecule has 3 heterocycles. The minimum Gasteiger partial charge on any atom is -0.474 e. The number of fused-ring (bicyclic) bond motifs is 2. The number of carbonyl (C=O) groups is 1. The maximum absolute atomic E-state index is 14.5. The van der Waals surface area contributed by atoms with Gasteiger partial charge in [-0.25, -0.2) is 27.6 Å². The lowest BCUT2D eigenvalue weighted by Gasteiger charge is -2.47. The molecule has 2 bridgehead atoms. The van der Waals surface area contributed by atoms with Crippen molar-refractivity contribution in [1.29, 1.82) is 0 Å². The highest BCUT2D eigenvalue weighted by atomic mass is 32.2. The summed E-state index contributed by atoms with van der Waals surface area (Å²) in [5, 5.41) is 2.91. The van der Waals surface area contributed by atoms with E-state index in [-0.39, 0.29) is 41.0 Å². The first-order valence-electron chi connectivity index (χ1n) is 11.8. The van der Waals surface area contributed by atoms with Gasteiger partial charge in [0.15, 0.2) is 9.84 Å². The van der Waals surface area contributed by atoms with Crippen LogP contribution in [0.4, 0.5) is 20.7 Å². The fourth-order valence-electron chi connectivity index (χ4n) is 4.78. The van der Waals surface area contributed by atoms with Crippen LogP contribution in [-0.4, -0.2) is 59.9 Å². The van der Waals surface area contributed by atoms with Crippen LogP contribution in [-0.2, 0) is 14.6 Å². The van der Waals surface area contributed by atoms with Gasteiger partial charge in [-0.15, -0.1) is 0 Å². The number of anilines is 2. The molecule has 1 N–H and O–H groups in total. The van der Waals surface area contributed by atoms with Gasteiger partial charge in [-0.3, -0.25) is 0 Å². The second-order valence-corrected chi connectivity index (χ2v) is 11.5. The van der Waals surface area contributed by atoms with Gasteiger partial charge < -0.3 is 19.7 Å². The van der Waals surface area contributed by atoms with Crippen LogP contribution >= 0.6 is 0 Å². The molecule has 4 rings (SSSR count). The Balaban J connectivity index is 1.48. The molecule has 190 valence electrons. The van der Waals surface area contributed by atoms with Gasteiger partial charge in [-0.1, -0.05) is 0 Å². The number of piperidine rings is 2. The van der Waals surface area contributed by atoms with E-state index in [0.717, 1.165) is 31.6 Å². The van der Waals surface area contributed by atoms with Gasteiger partial charge in [0.2, 0.25) is 5.88 Å². The summed E-state index contributed by atoms with van der Waals surface area (Å²) in [5.74, 6) is 0.0398. The molecule has 1 aromatic carbocycles. The number of nitrogens with one attached hydrogen (secondary N) is 1. The summed E-state index contributed by atoms with van der Waals surface area (Å²) in [6, 6.07) is 3.79. The second-order valence-electron chi connectivity index (χ2n) is 9.48. The van der Waals surface area contributed by atoms with E-state index >= 15 is 0 Å². The Morgan fingerprint density at radius 2 is 1.89 bits per heavy atom. The number of hydrogen-bond acceptors (Lipinski definition) is 8. The monoisotopic (exact) mass is 506 g/mol.